The first kappa shape index (κ1) is 17.3. The number of methoxy groups -OCH3 is 1. The summed E-state index contributed by atoms with van der Waals surface area (Å²) in [5, 5.41) is 9.77. The highest BCUT2D eigenvalue weighted by Crippen LogP contribution is 2.53. The standard InChI is InChI=1S/C19H17N3O4/c1-4-9-22-14-8-6-5-7-12(14)19(18(22)24)13(10-20)16(21)26-11(2)15(19)17(23)25-3/h4-8H,1,9,21H2,2-3H3/t19-/m0/s1. The second-order valence-corrected chi connectivity index (χ2v) is 5.85. The molecule has 0 saturated carbocycles. The molecule has 1 aromatic rings. The van der Waals surface area contributed by atoms with Gasteiger partial charge in [0.25, 0.3) is 0 Å². The van der Waals surface area contributed by atoms with Gasteiger partial charge in [-0.1, -0.05) is 24.3 Å². The lowest BCUT2D eigenvalue weighted by Crippen LogP contribution is -2.48. The number of esters is 1. The van der Waals surface area contributed by atoms with Crippen LogP contribution in [0.5, 0.6) is 0 Å². The fourth-order valence-corrected chi connectivity index (χ4v) is 3.63. The van der Waals surface area contributed by atoms with Gasteiger partial charge in [0.05, 0.1) is 7.11 Å². The van der Waals surface area contributed by atoms with Crippen LogP contribution in [0.15, 0.2) is 59.7 Å². The van der Waals surface area contributed by atoms with Crippen LogP contribution in [-0.2, 0) is 24.5 Å². The summed E-state index contributed by atoms with van der Waals surface area (Å²) in [7, 11) is 1.21. The van der Waals surface area contributed by atoms with E-state index in [1.54, 1.807) is 30.3 Å². The van der Waals surface area contributed by atoms with Gasteiger partial charge in [-0.2, -0.15) is 5.26 Å². The molecule has 2 aliphatic heterocycles. The van der Waals surface area contributed by atoms with Gasteiger partial charge < -0.3 is 20.1 Å². The zero-order valence-corrected chi connectivity index (χ0v) is 14.4. The van der Waals surface area contributed by atoms with Crippen LogP contribution >= 0.6 is 0 Å². The molecule has 2 heterocycles. The van der Waals surface area contributed by atoms with Gasteiger partial charge >= 0.3 is 5.97 Å². The maximum absolute atomic E-state index is 13.6. The van der Waals surface area contributed by atoms with Crippen LogP contribution in [0, 0.1) is 11.3 Å². The lowest BCUT2D eigenvalue weighted by Gasteiger charge is -2.34. The number of nitrogens with zero attached hydrogens (tertiary/aromatic N) is 2. The molecule has 0 unspecified atom stereocenters. The molecule has 26 heavy (non-hydrogen) atoms. The van der Waals surface area contributed by atoms with Crippen LogP contribution in [0.1, 0.15) is 12.5 Å². The Morgan fingerprint density at radius 3 is 2.81 bits per heavy atom. The number of benzene rings is 1. The lowest BCUT2D eigenvalue weighted by molar-refractivity contribution is -0.138. The average Bonchev–Trinajstić information content (AvgIpc) is 2.86. The van der Waals surface area contributed by atoms with Crippen molar-refractivity contribution in [2.24, 2.45) is 5.73 Å². The number of allylic oxidation sites excluding steroid dienone is 1. The van der Waals surface area contributed by atoms with Gasteiger partial charge in [-0.3, -0.25) is 4.79 Å². The maximum atomic E-state index is 13.6. The number of hydrogen-bond donors (Lipinski definition) is 1. The third-order valence-corrected chi connectivity index (χ3v) is 4.59. The Kier molecular flexibility index (Phi) is 4.04. The molecule has 1 amide bonds. The van der Waals surface area contributed by atoms with E-state index in [0.29, 0.717) is 11.3 Å². The summed E-state index contributed by atoms with van der Waals surface area (Å²) < 4.78 is 10.3. The van der Waals surface area contributed by atoms with Crippen molar-refractivity contribution in [3.05, 3.63) is 65.3 Å². The Hall–Kier alpha value is -3.53. The number of nitriles is 1. The number of hydrogen-bond acceptors (Lipinski definition) is 6. The van der Waals surface area contributed by atoms with Crippen molar-refractivity contribution in [2.45, 2.75) is 12.3 Å². The quantitative estimate of drug-likeness (QED) is 0.655. The van der Waals surface area contributed by atoms with Crippen molar-refractivity contribution in [3.8, 4) is 6.07 Å². The van der Waals surface area contributed by atoms with Gasteiger partial charge in [0.15, 0.2) is 5.41 Å². The van der Waals surface area contributed by atoms with Crippen LogP contribution in [0.3, 0.4) is 0 Å². The zero-order chi connectivity index (χ0) is 19.1. The smallest absolute Gasteiger partial charge is 0.339 e. The highest BCUT2D eigenvalue weighted by Gasteiger charge is 2.61. The summed E-state index contributed by atoms with van der Waals surface area (Å²) in [5.41, 5.74) is 5.11. The molecule has 2 N–H and O–H groups in total. The molecule has 7 nitrogen and oxygen atoms in total. The Labute approximate surface area is 150 Å². The first-order valence-electron chi connectivity index (χ1n) is 7.85. The molecule has 2 aliphatic rings. The fourth-order valence-electron chi connectivity index (χ4n) is 3.63. The monoisotopic (exact) mass is 351 g/mol. The topological polar surface area (TPSA) is 106 Å². The molecule has 1 spiro atoms. The van der Waals surface area contributed by atoms with Gasteiger partial charge in [0, 0.05) is 17.8 Å². The summed E-state index contributed by atoms with van der Waals surface area (Å²) in [6.45, 7) is 5.41. The van der Waals surface area contributed by atoms with E-state index in [-0.39, 0.29) is 29.3 Å². The second-order valence-electron chi connectivity index (χ2n) is 5.85. The molecule has 7 heteroatoms. The van der Waals surface area contributed by atoms with E-state index in [2.05, 4.69) is 6.58 Å². The number of nitrogens with two attached hydrogens (primary N) is 1. The number of anilines is 1. The number of carbonyl (C=O) groups excluding carboxylic acids is 2. The molecule has 132 valence electrons. The largest absolute Gasteiger partial charge is 0.466 e. The van der Waals surface area contributed by atoms with E-state index in [4.69, 9.17) is 15.2 Å². The van der Waals surface area contributed by atoms with Crippen LogP contribution < -0.4 is 10.6 Å². The predicted molar refractivity (Wildman–Crippen MR) is 93.3 cm³/mol. The highest BCUT2D eigenvalue weighted by atomic mass is 16.5. The van der Waals surface area contributed by atoms with E-state index in [1.807, 2.05) is 6.07 Å². The van der Waals surface area contributed by atoms with Crippen LogP contribution in [0.25, 0.3) is 0 Å². The summed E-state index contributed by atoms with van der Waals surface area (Å²) in [6.07, 6.45) is 1.57. The van der Waals surface area contributed by atoms with E-state index in [9.17, 15) is 14.9 Å². The predicted octanol–water partition coefficient (Wildman–Crippen LogP) is 1.63. The van der Waals surface area contributed by atoms with E-state index in [1.165, 1.54) is 18.9 Å². The third kappa shape index (κ3) is 1.99. The van der Waals surface area contributed by atoms with Crippen LogP contribution in [0.4, 0.5) is 5.69 Å². The number of rotatable bonds is 3. The number of para-hydroxylation sites is 1. The van der Waals surface area contributed by atoms with Crippen molar-refractivity contribution < 1.29 is 19.1 Å². The minimum Gasteiger partial charge on any atom is -0.466 e. The molecule has 1 aromatic carbocycles. The van der Waals surface area contributed by atoms with Crippen LogP contribution in [0.2, 0.25) is 0 Å². The van der Waals surface area contributed by atoms with Crippen molar-refractivity contribution in [2.75, 3.05) is 18.6 Å². The molecular weight excluding hydrogens is 334 g/mol. The third-order valence-electron chi connectivity index (χ3n) is 4.59. The van der Waals surface area contributed by atoms with Gasteiger partial charge in [-0.05, 0) is 13.0 Å². The maximum Gasteiger partial charge on any atom is 0.339 e. The highest BCUT2D eigenvalue weighted by molar-refractivity contribution is 6.18. The Balaban J connectivity index is 2.46. The lowest BCUT2D eigenvalue weighted by atomic mass is 9.68. The molecule has 0 aliphatic carbocycles. The number of ether oxygens (including phenoxy) is 2. The average molecular weight is 351 g/mol. The number of carbonyl (C=O) groups is 2. The van der Waals surface area contributed by atoms with Crippen molar-refractivity contribution in [1.29, 1.82) is 5.26 Å². The van der Waals surface area contributed by atoms with Gasteiger partial charge in [-0.25, -0.2) is 4.79 Å². The van der Waals surface area contributed by atoms with Gasteiger partial charge in [0.2, 0.25) is 11.8 Å². The zero-order valence-electron chi connectivity index (χ0n) is 14.4. The van der Waals surface area contributed by atoms with E-state index >= 15 is 0 Å². The van der Waals surface area contributed by atoms with Crippen LogP contribution in [-0.4, -0.2) is 25.5 Å². The minimum atomic E-state index is -1.70. The molecule has 0 fully saturated rings. The molecule has 0 radical (unpaired) electrons. The normalized spacial score (nSPS) is 21.4. The Morgan fingerprint density at radius 1 is 1.50 bits per heavy atom. The SMILES string of the molecule is C=CCN1C(=O)[C@]2(C(C#N)=C(N)OC(C)=C2C(=O)OC)c2ccccc21. The van der Waals surface area contributed by atoms with E-state index < -0.39 is 17.3 Å². The second kappa shape index (κ2) is 6.08. The first-order valence-corrected chi connectivity index (χ1v) is 7.85. The summed E-state index contributed by atoms with van der Waals surface area (Å²) in [6, 6.07) is 8.91. The molecule has 3 rings (SSSR count). The summed E-state index contributed by atoms with van der Waals surface area (Å²) in [5.74, 6) is -1.31. The minimum absolute atomic E-state index is 0.0465. The Bertz CT molecular complexity index is 938. The molecular formula is C19H17N3O4. The Morgan fingerprint density at radius 2 is 2.19 bits per heavy atom. The molecule has 0 saturated heterocycles. The van der Waals surface area contributed by atoms with E-state index in [0.717, 1.165) is 0 Å². The van der Waals surface area contributed by atoms with Crippen molar-refractivity contribution in [3.63, 3.8) is 0 Å². The van der Waals surface area contributed by atoms with Crippen molar-refractivity contribution >= 4 is 17.6 Å². The first-order chi connectivity index (χ1) is 12.4. The number of fused-ring (bicyclic) bond motifs is 2. The van der Waals surface area contributed by atoms with Gasteiger partial charge in [-0.15, -0.1) is 6.58 Å². The number of amides is 1. The molecule has 0 bridgehead atoms. The molecule has 0 aromatic heterocycles. The summed E-state index contributed by atoms with van der Waals surface area (Å²) >= 11 is 0. The molecule has 1 atom stereocenters. The van der Waals surface area contributed by atoms with Gasteiger partial charge in [0.1, 0.15) is 23.0 Å². The summed E-state index contributed by atoms with van der Waals surface area (Å²) in [4.78, 5) is 27.6. The van der Waals surface area contributed by atoms with Crippen molar-refractivity contribution in [1.82, 2.24) is 0 Å². The fraction of sp³-hybridized carbons (Fsp3) is 0.211.